The quantitative estimate of drug-likeness (QED) is 0.820. The zero-order chi connectivity index (χ0) is 14.4. The minimum absolute atomic E-state index is 0.177. The molecule has 0 bridgehead atoms. The van der Waals surface area contributed by atoms with Gasteiger partial charge in [-0.1, -0.05) is 35.3 Å². The Morgan fingerprint density at radius 2 is 1.95 bits per heavy atom. The fraction of sp³-hybridized carbons (Fsp3) is 0.267. The molecule has 5 heteroatoms. The minimum Gasteiger partial charge on any atom is -0.473 e. The number of rotatable bonds is 6. The number of nitrogens with zero attached hydrogens (tertiary/aromatic N) is 1. The number of hydrogen-bond donors (Lipinski definition) is 1. The summed E-state index contributed by atoms with van der Waals surface area (Å²) in [6, 6.07) is 9.28. The maximum absolute atomic E-state index is 6.06. The van der Waals surface area contributed by atoms with E-state index < -0.39 is 0 Å². The Bertz CT molecular complexity index is 529. The van der Waals surface area contributed by atoms with Gasteiger partial charge in [-0.2, -0.15) is 0 Å². The van der Waals surface area contributed by atoms with Gasteiger partial charge in [-0.15, -0.1) is 0 Å². The first-order valence-corrected chi connectivity index (χ1v) is 7.15. The van der Waals surface area contributed by atoms with Crippen LogP contribution in [0, 0.1) is 0 Å². The van der Waals surface area contributed by atoms with Gasteiger partial charge >= 0.3 is 0 Å². The van der Waals surface area contributed by atoms with Gasteiger partial charge < -0.3 is 4.74 Å². The van der Waals surface area contributed by atoms with Crippen LogP contribution in [0.1, 0.15) is 12.5 Å². The minimum atomic E-state index is -0.177. The molecule has 0 aliphatic heterocycles. The number of pyridine rings is 1. The maximum atomic E-state index is 6.06. The van der Waals surface area contributed by atoms with E-state index in [0.29, 0.717) is 15.8 Å². The molecule has 3 nitrogen and oxygen atoms in total. The van der Waals surface area contributed by atoms with E-state index in [1.807, 2.05) is 25.3 Å². The van der Waals surface area contributed by atoms with Crippen LogP contribution >= 0.6 is 23.2 Å². The highest BCUT2D eigenvalue weighted by Crippen LogP contribution is 2.32. The largest absolute Gasteiger partial charge is 0.473 e. The molecule has 1 heterocycles. The van der Waals surface area contributed by atoms with Gasteiger partial charge in [-0.3, -0.25) is 10.3 Å². The molecule has 106 valence electrons. The maximum Gasteiger partial charge on any atom is 0.158 e. The summed E-state index contributed by atoms with van der Waals surface area (Å²) in [6.07, 6.45) is 4.34. The lowest BCUT2D eigenvalue weighted by Crippen LogP contribution is -2.33. The molecule has 2 aromatic rings. The fourth-order valence-corrected chi connectivity index (χ4v) is 2.27. The zero-order valence-electron chi connectivity index (χ0n) is 11.1. The molecular formula is C15H16Cl2N2O. The van der Waals surface area contributed by atoms with E-state index in [9.17, 15) is 0 Å². The number of para-hydroxylation sites is 1. The molecule has 1 unspecified atom stereocenters. The summed E-state index contributed by atoms with van der Waals surface area (Å²) >= 11 is 12.1. The summed E-state index contributed by atoms with van der Waals surface area (Å²) in [4.78, 5) is 4.08. The van der Waals surface area contributed by atoms with Gasteiger partial charge in [0.05, 0.1) is 10.0 Å². The smallest absolute Gasteiger partial charge is 0.158 e. The number of nitrogens with one attached hydrogen (secondary N) is 1. The van der Waals surface area contributed by atoms with Gasteiger partial charge in [0, 0.05) is 18.9 Å². The highest BCUT2D eigenvalue weighted by atomic mass is 35.5. The molecule has 0 aliphatic rings. The first-order chi connectivity index (χ1) is 9.66. The predicted molar refractivity (Wildman–Crippen MR) is 82.5 cm³/mol. The van der Waals surface area contributed by atoms with Crippen LogP contribution in [0.2, 0.25) is 10.0 Å². The van der Waals surface area contributed by atoms with Crippen LogP contribution < -0.4 is 10.1 Å². The Kier molecular flexibility index (Phi) is 5.65. The van der Waals surface area contributed by atoms with Gasteiger partial charge in [0.25, 0.3) is 0 Å². The third-order valence-corrected chi connectivity index (χ3v) is 3.38. The molecular weight excluding hydrogens is 295 g/mol. The molecule has 1 atom stereocenters. The van der Waals surface area contributed by atoms with Crippen LogP contribution in [0.5, 0.6) is 5.75 Å². The normalized spacial score (nSPS) is 12.2. The summed E-state index contributed by atoms with van der Waals surface area (Å²) in [7, 11) is 0. The summed E-state index contributed by atoms with van der Waals surface area (Å²) in [5, 5.41) is 4.29. The van der Waals surface area contributed by atoms with Crippen LogP contribution in [-0.4, -0.2) is 17.8 Å². The molecule has 20 heavy (non-hydrogen) atoms. The number of aromatic nitrogens is 1. The molecule has 0 saturated heterocycles. The Labute approximate surface area is 128 Å². The molecule has 0 aliphatic carbocycles. The van der Waals surface area contributed by atoms with E-state index in [1.165, 1.54) is 5.56 Å². The first kappa shape index (κ1) is 15.1. The Morgan fingerprint density at radius 3 is 2.60 bits per heavy atom. The molecule has 0 fully saturated rings. The van der Waals surface area contributed by atoms with Crippen molar-refractivity contribution >= 4 is 23.2 Å². The number of ether oxygens (including phenoxy) is 1. The SMILES string of the molecule is CC(NCCc1cccnc1)Oc1c(Cl)cccc1Cl. The van der Waals surface area contributed by atoms with E-state index in [0.717, 1.165) is 13.0 Å². The molecule has 1 N–H and O–H groups in total. The molecule has 1 aromatic carbocycles. The van der Waals surface area contributed by atoms with Crippen molar-refractivity contribution in [2.45, 2.75) is 19.6 Å². The lowest BCUT2D eigenvalue weighted by Gasteiger charge is -2.18. The van der Waals surface area contributed by atoms with Gasteiger partial charge in [0.2, 0.25) is 0 Å². The summed E-state index contributed by atoms with van der Waals surface area (Å²) in [5.74, 6) is 0.511. The first-order valence-electron chi connectivity index (χ1n) is 6.40. The second kappa shape index (κ2) is 7.48. The Hall–Kier alpha value is -1.29. The molecule has 0 saturated carbocycles. The van der Waals surface area contributed by atoms with Gasteiger partial charge in [-0.25, -0.2) is 0 Å². The second-order valence-corrected chi connectivity index (χ2v) is 5.19. The van der Waals surface area contributed by atoms with Crippen LogP contribution in [0.4, 0.5) is 0 Å². The summed E-state index contributed by atoms with van der Waals surface area (Å²) < 4.78 is 5.72. The van der Waals surface area contributed by atoms with Crippen LogP contribution in [0.15, 0.2) is 42.7 Å². The van der Waals surface area contributed by atoms with E-state index in [2.05, 4.69) is 10.3 Å². The van der Waals surface area contributed by atoms with Crippen molar-refractivity contribution < 1.29 is 4.74 Å². The van der Waals surface area contributed by atoms with Crippen molar-refractivity contribution in [1.29, 1.82) is 0 Å². The Balaban J connectivity index is 1.82. The zero-order valence-corrected chi connectivity index (χ0v) is 12.7. The highest BCUT2D eigenvalue weighted by molar-refractivity contribution is 6.37. The average Bonchev–Trinajstić information content (AvgIpc) is 2.44. The van der Waals surface area contributed by atoms with E-state index in [4.69, 9.17) is 27.9 Å². The molecule has 2 rings (SSSR count). The third-order valence-electron chi connectivity index (χ3n) is 2.78. The van der Waals surface area contributed by atoms with Crippen molar-refractivity contribution in [3.05, 3.63) is 58.3 Å². The third kappa shape index (κ3) is 4.37. The molecule has 0 spiro atoms. The summed E-state index contributed by atoms with van der Waals surface area (Å²) in [6.45, 7) is 2.71. The van der Waals surface area contributed by atoms with Gasteiger partial charge in [0.15, 0.2) is 5.75 Å². The topological polar surface area (TPSA) is 34.2 Å². The number of benzene rings is 1. The van der Waals surface area contributed by atoms with Crippen molar-refractivity contribution in [3.8, 4) is 5.75 Å². The average molecular weight is 311 g/mol. The molecule has 1 aromatic heterocycles. The lowest BCUT2D eigenvalue weighted by atomic mass is 10.2. The predicted octanol–water partition coefficient (Wildman–Crippen LogP) is 3.95. The lowest BCUT2D eigenvalue weighted by molar-refractivity contribution is 0.184. The number of hydrogen-bond acceptors (Lipinski definition) is 3. The highest BCUT2D eigenvalue weighted by Gasteiger charge is 2.10. The van der Waals surface area contributed by atoms with Gasteiger partial charge in [-0.05, 0) is 37.1 Å². The van der Waals surface area contributed by atoms with E-state index in [1.54, 1.807) is 24.4 Å². The van der Waals surface area contributed by atoms with E-state index >= 15 is 0 Å². The standard InChI is InChI=1S/C15H16Cl2N2O/c1-11(19-9-7-12-4-3-8-18-10-12)20-15-13(16)5-2-6-14(15)17/h2-6,8,10-11,19H,7,9H2,1H3. The Morgan fingerprint density at radius 1 is 1.20 bits per heavy atom. The molecule has 0 radical (unpaired) electrons. The van der Waals surface area contributed by atoms with Gasteiger partial charge in [0.1, 0.15) is 6.23 Å². The van der Waals surface area contributed by atoms with Crippen molar-refractivity contribution in [1.82, 2.24) is 10.3 Å². The van der Waals surface area contributed by atoms with Crippen molar-refractivity contribution in [2.75, 3.05) is 6.54 Å². The van der Waals surface area contributed by atoms with Crippen molar-refractivity contribution in [2.24, 2.45) is 0 Å². The second-order valence-electron chi connectivity index (χ2n) is 4.38. The summed E-state index contributed by atoms with van der Waals surface area (Å²) in [5.41, 5.74) is 1.18. The fourth-order valence-electron chi connectivity index (χ4n) is 1.78. The monoisotopic (exact) mass is 310 g/mol. The molecule has 0 amide bonds. The van der Waals surface area contributed by atoms with E-state index in [-0.39, 0.29) is 6.23 Å². The number of halogens is 2. The van der Waals surface area contributed by atoms with Crippen LogP contribution in [-0.2, 0) is 6.42 Å². The van der Waals surface area contributed by atoms with Crippen LogP contribution in [0.25, 0.3) is 0 Å². The van der Waals surface area contributed by atoms with Crippen LogP contribution in [0.3, 0.4) is 0 Å². The van der Waals surface area contributed by atoms with Crippen molar-refractivity contribution in [3.63, 3.8) is 0 Å².